The summed E-state index contributed by atoms with van der Waals surface area (Å²) < 4.78 is 27.2. The fourth-order valence-electron chi connectivity index (χ4n) is 1.38. The van der Waals surface area contributed by atoms with Crippen LogP contribution in [0.5, 0.6) is 0 Å². The van der Waals surface area contributed by atoms with Crippen LogP contribution in [0.2, 0.25) is 0 Å². The van der Waals surface area contributed by atoms with E-state index in [9.17, 15) is 13.2 Å². The highest BCUT2D eigenvalue weighted by molar-refractivity contribution is 7.90. The zero-order valence-electron chi connectivity index (χ0n) is 11.0. The standard InChI is InChI=1S/C11H17N3O4S/c1-8-4-5-10(9(2)12-8)13-19(17,18)14(3)7-6-11(15)16/h4-5,13H,6-7H2,1-3H3,(H,15,16). The van der Waals surface area contributed by atoms with Crippen LogP contribution < -0.4 is 4.72 Å². The van der Waals surface area contributed by atoms with Crippen LogP contribution in [0, 0.1) is 13.8 Å². The molecule has 0 aliphatic carbocycles. The van der Waals surface area contributed by atoms with Crippen LogP contribution in [-0.2, 0) is 15.0 Å². The minimum absolute atomic E-state index is 0.0942. The number of nitrogens with one attached hydrogen (secondary N) is 1. The van der Waals surface area contributed by atoms with Crippen molar-refractivity contribution in [2.45, 2.75) is 20.3 Å². The Morgan fingerprint density at radius 2 is 2.05 bits per heavy atom. The molecule has 1 aromatic heterocycles. The topological polar surface area (TPSA) is 99.6 Å². The number of carboxylic acid groups (broad SMARTS) is 1. The van der Waals surface area contributed by atoms with E-state index in [1.54, 1.807) is 19.1 Å². The molecule has 1 heterocycles. The first kappa shape index (κ1) is 15.4. The summed E-state index contributed by atoms with van der Waals surface area (Å²) >= 11 is 0. The summed E-state index contributed by atoms with van der Waals surface area (Å²) in [5, 5.41) is 8.54. The van der Waals surface area contributed by atoms with Gasteiger partial charge in [-0.15, -0.1) is 0 Å². The van der Waals surface area contributed by atoms with Crippen molar-refractivity contribution in [3.05, 3.63) is 23.5 Å². The number of carbonyl (C=O) groups is 1. The molecule has 0 aliphatic heterocycles. The Morgan fingerprint density at radius 3 is 2.58 bits per heavy atom. The Labute approximate surface area is 112 Å². The lowest BCUT2D eigenvalue weighted by Gasteiger charge is -2.18. The molecule has 0 aliphatic rings. The predicted octanol–water partition coefficient (Wildman–Crippen LogP) is 0.762. The lowest BCUT2D eigenvalue weighted by atomic mass is 10.3. The van der Waals surface area contributed by atoms with E-state index in [0.717, 1.165) is 10.00 Å². The second-order valence-corrected chi connectivity index (χ2v) is 5.94. The maximum absolute atomic E-state index is 11.9. The van der Waals surface area contributed by atoms with Crippen LogP contribution in [0.15, 0.2) is 12.1 Å². The van der Waals surface area contributed by atoms with Gasteiger partial charge in [0.05, 0.1) is 17.8 Å². The predicted molar refractivity (Wildman–Crippen MR) is 71.1 cm³/mol. The third-order valence-electron chi connectivity index (χ3n) is 2.51. The van der Waals surface area contributed by atoms with Crippen LogP contribution in [-0.4, -0.2) is 42.4 Å². The summed E-state index contributed by atoms with van der Waals surface area (Å²) in [5.41, 5.74) is 1.74. The van der Waals surface area contributed by atoms with E-state index in [2.05, 4.69) is 9.71 Å². The second-order valence-electron chi connectivity index (χ2n) is 4.16. The van der Waals surface area contributed by atoms with Crippen LogP contribution in [0.3, 0.4) is 0 Å². The molecule has 0 fully saturated rings. The molecule has 0 spiro atoms. The molecule has 106 valence electrons. The van der Waals surface area contributed by atoms with Crippen LogP contribution >= 0.6 is 0 Å². The number of aliphatic carboxylic acids is 1. The Kier molecular flexibility index (Phi) is 4.84. The highest BCUT2D eigenvalue weighted by Gasteiger charge is 2.19. The molecule has 0 amide bonds. The molecule has 0 radical (unpaired) electrons. The molecular formula is C11H17N3O4S. The zero-order chi connectivity index (χ0) is 14.6. The molecule has 1 aromatic rings. The van der Waals surface area contributed by atoms with E-state index in [-0.39, 0.29) is 13.0 Å². The minimum atomic E-state index is -3.76. The number of nitrogens with zero attached hydrogens (tertiary/aromatic N) is 2. The Balaban J connectivity index is 2.81. The number of hydrogen-bond acceptors (Lipinski definition) is 4. The molecule has 0 bridgehead atoms. The Hall–Kier alpha value is -1.67. The molecule has 0 saturated carbocycles. The van der Waals surface area contributed by atoms with Gasteiger partial charge in [-0.25, -0.2) is 0 Å². The fourth-order valence-corrected chi connectivity index (χ4v) is 2.37. The summed E-state index contributed by atoms with van der Waals surface area (Å²) in [7, 11) is -2.44. The molecule has 19 heavy (non-hydrogen) atoms. The second kappa shape index (κ2) is 5.98. The molecule has 0 atom stereocenters. The highest BCUT2D eigenvalue weighted by Crippen LogP contribution is 2.15. The van der Waals surface area contributed by atoms with E-state index in [1.165, 1.54) is 7.05 Å². The number of pyridine rings is 1. The average molecular weight is 287 g/mol. The number of rotatable bonds is 6. The fraction of sp³-hybridized carbons (Fsp3) is 0.455. The lowest BCUT2D eigenvalue weighted by molar-refractivity contribution is -0.137. The van der Waals surface area contributed by atoms with Gasteiger partial charge in [0.1, 0.15) is 0 Å². The molecule has 7 nitrogen and oxygen atoms in total. The van der Waals surface area contributed by atoms with Gasteiger partial charge in [0.25, 0.3) is 0 Å². The van der Waals surface area contributed by atoms with Crippen molar-refractivity contribution in [1.82, 2.24) is 9.29 Å². The number of aromatic nitrogens is 1. The molecular weight excluding hydrogens is 270 g/mol. The van der Waals surface area contributed by atoms with Crippen LogP contribution in [0.1, 0.15) is 17.8 Å². The minimum Gasteiger partial charge on any atom is -0.481 e. The third kappa shape index (κ3) is 4.49. The lowest BCUT2D eigenvalue weighted by Crippen LogP contribution is -2.34. The SMILES string of the molecule is Cc1ccc(NS(=O)(=O)N(C)CCC(=O)O)c(C)n1. The zero-order valence-corrected chi connectivity index (χ0v) is 11.9. The molecule has 2 N–H and O–H groups in total. The summed E-state index contributed by atoms with van der Waals surface area (Å²) in [5.74, 6) is -1.05. The number of carboxylic acids is 1. The first-order chi connectivity index (χ1) is 8.72. The van der Waals surface area contributed by atoms with Gasteiger partial charge in [-0.3, -0.25) is 14.5 Å². The summed E-state index contributed by atoms with van der Waals surface area (Å²) in [4.78, 5) is 14.6. The van der Waals surface area contributed by atoms with Crippen molar-refractivity contribution < 1.29 is 18.3 Å². The largest absolute Gasteiger partial charge is 0.481 e. The summed E-state index contributed by atoms with van der Waals surface area (Å²) in [6, 6.07) is 3.32. The molecule has 0 unspecified atom stereocenters. The number of aryl methyl sites for hydroxylation is 2. The van der Waals surface area contributed by atoms with Crippen molar-refractivity contribution in [2.75, 3.05) is 18.3 Å². The summed E-state index contributed by atoms with van der Waals surface area (Å²) in [6.07, 6.45) is -0.247. The summed E-state index contributed by atoms with van der Waals surface area (Å²) in [6.45, 7) is 3.41. The van der Waals surface area contributed by atoms with Gasteiger partial charge >= 0.3 is 16.2 Å². The van der Waals surface area contributed by atoms with E-state index < -0.39 is 16.2 Å². The number of anilines is 1. The third-order valence-corrected chi connectivity index (χ3v) is 4.00. The first-order valence-electron chi connectivity index (χ1n) is 5.62. The van der Waals surface area contributed by atoms with Crippen molar-refractivity contribution >= 4 is 21.9 Å². The van der Waals surface area contributed by atoms with Gasteiger partial charge in [-0.05, 0) is 26.0 Å². The van der Waals surface area contributed by atoms with E-state index in [1.807, 2.05) is 6.92 Å². The van der Waals surface area contributed by atoms with Gasteiger partial charge in [-0.2, -0.15) is 12.7 Å². The number of hydrogen-bond donors (Lipinski definition) is 2. The molecule has 0 saturated heterocycles. The van der Waals surface area contributed by atoms with Crippen molar-refractivity contribution in [2.24, 2.45) is 0 Å². The van der Waals surface area contributed by atoms with E-state index >= 15 is 0 Å². The quantitative estimate of drug-likeness (QED) is 0.804. The maximum Gasteiger partial charge on any atom is 0.304 e. The van der Waals surface area contributed by atoms with E-state index in [4.69, 9.17) is 5.11 Å². The average Bonchev–Trinajstić information content (AvgIpc) is 2.29. The van der Waals surface area contributed by atoms with Crippen molar-refractivity contribution in [3.8, 4) is 0 Å². The molecule has 1 rings (SSSR count). The van der Waals surface area contributed by atoms with Gasteiger partial charge < -0.3 is 5.11 Å². The molecule has 8 heteroatoms. The monoisotopic (exact) mass is 287 g/mol. The van der Waals surface area contributed by atoms with Crippen molar-refractivity contribution in [3.63, 3.8) is 0 Å². The molecule has 0 aromatic carbocycles. The van der Waals surface area contributed by atoms with Crippen LogP contribution in [0.25, 0.3) is 0 Å². The van der Waals surface area contributed by atoms with Gasteiger partial charge in [0, 0.05) is 19.3 Å². The Morgan fingerprint density at radius 1 is 1.42 bits per heavy atom. The van der Waals surface area contributed by atoms with E-state index in [0.29, 0.717) is 11.4 Å². The maximum atomic E-state index is 11.9. The first-order valence-corrected chi connectivity index (χ1v) is 7.06. The van der Waals surface area contributed by atoms with Crippen molar-refractivity contribution in [1.29, 1.82) is 0 Å². The van der Waals surface area contributed by atoms with Gasteiger partial charge in [0.15, 0.2) is 0 Å². The smallest absolute Gasteiger partial charge is 0.304 e. The Bertz CT molecular complexity index is 571. The normalized spacial score (nSPS) is 11.6. The highest BCUT2D eigenvalue weighted by atomic mass is 32.2. The van der Waals surface area contributed by atoms with Gasteiger partial charge in [-0.1, -0.05) is 0 Å². The van der Waals surface area contributed by atoms with Crippen LogP contribution in [0.4, 0.5) is 5.69 Å². The van der Waals surface area contributed by atoms with Gasteiger partial charge in [0.2, 0.25) is 0 Å².